The summed E-state index contributed by atoms with van der Waals surface area (Å²) >= 11 is 6.21. The molecule has 0 saturated carbocycles. The molecule has 2 aromatic rings. The lowest BCUT2D eigenvalue weighted by Crippen LogP contribution is -2.37. The first kappa shape index (κ1) is 20.6. The molecule has 152 valence electrons. The van der Waals surface area contributed by atoms with Crippen LogP contribution in [0.3, 0.4) is 0 Å². The molecule has 1 aliphatic heterocycles. The second-order valence-corrected chi connectivity index (χ2v) is 6.73. The quantitative estimate of drug-likeness (QED) is 0.685. The molecule has 29 heavy (non-hydrogen) atoms. The Morgan fingerprint density at radius 2 is 2.14 bits per heavy atom. The molecule has 0 aliphatic carbocycles. The lowest BCUT2D eigenvalue weighted by atomic mass is 10.0. The largest absolute Gasteiger partial charge is 0.497 e. The fraction of sp³-hybridized carbons (Fsp3) is 0.300. The first-order valence-corrected chi connectivity index (χ1v) is 9.45. The van der Waals surface area contributed by atoms with Gasteiger partial charge in [-0.15, -0.1) is 0 Å². The van der Waals surface area contributed by atoms with E-state index in [0.717, 1.165) is 5.69 Å². The number of hydrogen-bond donors (Lipinski definition) is 2. The molecule has 2 amide bonds. The molecule has 0 saturated heterocycles. The lowest BCUT2D eigenvalue weighted by molar-refractivity contribution is -0.131. The number of benzene rings is 1. The van der Waals surface area contributed by atoms with Gasteiger partial charge in [0.1, 0.15) is 5.75 Å². The van der Waals surface area contributed by atoms with Crippen molar-refractivity contribution in [2.45, 2.75) is 25.5 Å². The second-order valence-electron chi connectivity index (χ2n) is 6.32. The molecule has 9 heteroatoms. The number of hydrogen-bond acceptors (Lipinski definition) is 6. The Bertz CT molecular complexity index is 905. The Balaban J connectivity index is 1.41. The number of rotatable bonds is 8. The summed E-state index contributed by atoms with van der Waals surface area (Å²) in [5, 5.41) is 9.93. The third-order valence-corrected chi connectivity index (χ3v) is 4.62. The molecule has 0 spiro atoms. The molecule has 2 N–H and O–H groups in total. The van der Waals surface area contributed by atoms with Crippen molar-refractivity contribution in [3.8, 4) is 5.75 Å². The van der Waals surface area contributed by atoms with Gasteiger partial charge < -0.3 is 20.2 Å². The highest BCUT2D eigenvalue weighted by atomic mass is 35.5. The molecule has 1 aromatic carbocycles. The molecule has 1 unspecified atom stereocenters. The molecule has 0 fully saturated rings. The number of pyridine rings is 1. The van der Waals surface area contributed by atoms with Gasteiger partial charge in [-0.2, -0.15) is 0 Å². The third-order valence-electron chi connectivity index (χ3n) is 4.29. The maximum atomic E-state index is 12.3. The number of halogens is 1. The van der Waals surface area contributed by atoms with E-state index in [1.807, 2.05) is 18.2 Å². The minimum absolute atomic E-state index is 0.153. The monoisotopic (exact) mass is 416 g/mol. The van der Waals surface area contributed by atoms with Crippen LogP contribution in [-0.4, -0.2) is 42.3 Å². The average Bonchev–Trinajstić information content (AvgIpc) is 3.23. The summed E-state index contributed by atoms with van der Waals surface area (Å²) in [5.41, 5.74) is 2.00. The first-order valence-electron chi connectivity index (χ1n) is 9.07. The van der Waals surface area contributed by atoms with Crippen LogP contribution in [0.2, 0.25) is 5.02 Å². The molecule has 3 rings (SSSR count). The zero-order valence-corrected chi connectivity index (χ0v) is 16.6. The lowest BCUT2D eigenvalue weighted by Gasteiger charge is -2.10. The van der Waals surface area contributed by atoms with E-state index < -0.39 is 6.10 Å². The zero-order valence-electron chi connectivity index (χ0n) is 15.9. The number of oxime groups is 1. The molecular weight excluding hydrogens is 396 g/mol. The number of methoxy groups -OCH3 is 1. The van der Waals surface area contributed by atoms with Crippen LogP contribution in [0.25, 0.3) is 0 Å². The summed E-state index contributed by atoms with van der Waals surface area (Å²) in [6, 6.07) is 10.7. The van der Waals surface area contributed by atoms with Crippen LogP contribution in [-0.2, 0) is 21.0 Å². The van der Waals surface area contributed by atoms with E-state index >= 15 is 0 Å². The van der Waals surface area contributed by atoms with Gasteiger partial charge in [-0.25, -0.2) is 0 Å². The predicted octanol–water partition coefficient (Wildman–Crippen LogP) is 2.06. The summed E-state index contributed by atoms with van der Waals surface area (Å²) in [5.74, 6) is 0.125. The molecule has 0 bridgehead atoms. The molecule has 1 atom stereocenters. The summed E-state index contributed by atoms with van der Waals surface area (Å²) in [6.07, 6.45) is 1.34. The normalized spacial score (nSPS) is 15.2. The van der Waals surface area contributed by atoms with E-state index in [4.69, 9.17) is 21.2 Å². The smallest absolute Gasteiger partial charge is 0.264 e. The molecule has 2 heterocycles. The van der Waals surface area contributed by atoms with Crippen LogP contribution in [0.4, 0.5) is 0 Å². The summed E-state index contributed by atoms with van der Waals surface area (Å²) in [6.45, 7) is 0.542. The number of amides is 2. The van der Waals surface area contributed by atoms with Gasteiger partial charge in [-0.1, -0.05) is 22.8 Å². The SMILES string of the molecule is COc1ccc(Cl)c(C2=NOC(C(=O)NCCC(=O)NCc3ccccn3)C2)c1. The maximum absolute atomic E-state index is 12.3. The standard InChI is InChI=1S/C20H21ClN4O4/c1-28-14-5-6-16(21)15(10-14)17-11-18(29-25-17)20(27)23-9-7-19(26)24-12-13-4-2-3-8-22-13/h2-6,8,10,18H,7,9,11-12H2,1H3,(H,23,27)(H,24,26). The Morgan fingerprint density at radius 3 is 2.90 bits per heavy atom. The number of aromatic nitrogens is 1. The molecule has 1 aliphatic rings. The van der Waals surface area contributed by atoms with E-state index in [1.54, 1.807) is 31.5 Å². The average molecular weight is 417 g/mol. The number of carbonyl (C=O) groups excluding carboxylic acids is 2. The molecule has 8 nitrogen and oxygen atoms in total. The third kappa shape index (κ3) is 5.68. The zero-order chi connectivity index (χ0) is 20.6. The first-order chi connectivity index (χ1) is 14.1. The van der Waals surface area contributed by atoms with Crippen LogP contribution >= 0.6 is 11.6 Å². The van der Waals surface area contributed by atoms with Gasteiger partial charge >= 0.3 is 0 Å². The fourth-order valence-electron chi connectivity index (χ4n) is 2.72. The van der Waals surface area contributed by atoms with Crippen molar-refractivity contribution in [1.82, 2.24) is 15.6 Å². The van der Waals surface area contributed by atoms with Crippen molar-refractivity contribution >= 4 is 29.1 Å². The molecule has 1 aromatic heterocycles. The van der Waals surface area contributed by atoms with Gasteiger partial charge in [0.15, 0.2) is 0 Å². The van der Waals surface area contributed by atoms with Gasteiger partial charge in [0.2, 0.25) is 12.0 Å². The summed E-state index contributed by atoms with van der Waals surface area (Å²) < 4.78 is 5.19. The topological polar surface area (TPSA) is 102 Å². The predicted molar refractivity (Wildman–Crippen MR) is 108 cm³/mol. The molecule has 0 radical (unpaired) electrons. The Kier molecular flexibility index (Phi) is 7.02. The minimum Gasteiger partial charge on any atom is -0.497 e. The van der Waals surface area contributed by atoms with Gasteiger partial charge in [-0.05, 0) is 30.3 Å². The Morgan fingerprint density at radius 1 is 1.28 bits per heavy atom. The van der Waals surface area contributed by atoms with Crippen molar-refractivity contribution in [2.24, 2.45) is 5.16 Å². The van der Waals surface area contributed by atoms with Crippen LogP contribution in [0.5, 0.6) is 5.75 Å². The van der Waals surface area contributed by atoms with Crippen LogP contribution in [0.1, 0.15) is 24.1 Å². The summed E-state index contributed by atoms with van der Waals surface area (Å²) in [7, 11) is 1.56. The van der Waals surface area contributed by atoms with Crippen molar-refractivity contribution < 1.29 is 19.2 Å². The second kappa shape index (κ2) is 9.88. The van der Waals surface area contributed by atoms with E-state index in [-0.39, 0.29) is 31.2 Å². The van der Waals surface area contributed by atoms with Crippen molar-refractivity contribution in [2.75, 3.05) is 13.7 Å². The van der Waals surface area contributed by atoms with E-state index in [0.29, 0.717) is 28.6 Å². The van der Waals surface area contributed by atoms with Crippen LogP contribution in [0, 0.1) is 0 Å². The van der Waals surface area contributed by atoms with Gasteiger partial charge in [0, 0.05) is 31.1 Å². The van der Waals surface area contributed by atoms with Crippen LogP contribution < -0.4 is 15.4 Å². The van der Waals surface area contributed by atoms with Crippen LogP contribution in [0.15, 0.2) is 47.8 Å². The Labute approximate surface area is 173 Å². The Hall–Kier alpha value is -3.13. The fourth-order valence-corrected chi connectivity index (χ4v) is 2.95. The number of carbonyl (C=O) groups is 2. The van der Waals surface area contributed by atoms with E-state index in [2.05, 4.69) is 20.8 Å². The molecular formula is C20H21ClN4O4. The summed E-state index contributed by atoms with van der Waals surface area (Å²) in [4.78, 5) is 33.5. The maximum Gasteiger partial charge on any atom is 0.264 e. The highest BCUT2D eigenvalue weighted by Crippen LogP contribution is 2.26. The highest BCUT2D eigenvalue weighted by Gasteiger charge is 2.29. The van der Waals surface area contributed by atoms with Crippen molar-refractivity contribution in [3.05, 3.63) is 58.9 Å². The van der Waals surface area contributed by atoms with E-state index in [9.17, 15) is 9.59 Å². The number of nitrogens with one attached hydrogen (secondary N) is 2. The van der Waals surface area contributed by atoms with Crippen molar-refractivity contribution in [1.29, 1.82) is 0 Å². The van der Waals surface area contributed by atoms with E-state index in [1.165, 1.54) is 0 Å². The van der Waals surface area contributed by atoms with Gasteiger partial charge in [0.05, 0.1) is 30.1 Å². The van der Waals surface area contributed by atoms with Crippen molar-refractivity contribution in [3.63, 3.8) is 0 Å². The van der Waals surface area contributed by atoms with Gasteiger partial charge in [0.25, 0.3) is 5.91 Å². The minimum atomic E-state index is -0.760. The number of ether oxygens (including phenoxy) is 1. The highest BCUT2D eigenvalue weighted by molar-refractivity contribution is 6.34. The van der Waals surface area contributed by atoms with Gasteiger partial charge in [-0.3, -0.25) is 14.6 Å². The number of nitrogens with zero attached hydrogens (tertiary/aromatic N) is 2.